The monoisotopic (exact) mass is 457 g/mol. The topological polar surface area (TPSA) is 57.8 Å². The molecule has 1 heterocycles. The van der Waals surface area contributed by atoms with Gasteiger partial charge in [0.05, 0.1) is 16.3 Å². The Morgan fingerprint density at radius 1 is 1.12 bits per heavy atom. The Labute approximate surface area is 188 Å². The Kier molecular flexibility index (Phi) is 6.47. The van der Waals surface area contributed by atoms with Gasteiger partial charge in [-0.3, -0.25) is 4.79 Å². The second-order valence-corrected chi connectivity index (χ2v) is 7.73. The predicted molar refractivity (Wildman–Crippen MR) is 119 cm³/mol. The van der Waals surface area contributed by atoms with Crippen LogP contribution in [-0.4, -0.2) is 10.5 Å². The highest BCUT2D eigenvalue weighted by atomic mass is 35.5. The zero-order chi connectivity index (χ0) is 23.6. The summed E-state index contributed by atoms with van der Waals surface area (Å²) in [6.45, 7) is 5.27. The molecule has 2 aromatic carbocycles. The SMILES string of the molecule is Cc1cccc(NC(=O)C(C#N)=Cc2cc(C)n(-c3cc(C(F)(F)F)ccc3Cl)c2C)c1. The zero-order valence-electron chi connectivity index (χ0n) is 17.5. The molecular formula is C24H19ClF3N3O. The molecule has 3 aromatic rings. The molecule has 0 aliphatic heterocycles. The maximum absolute atomic E-state index is 13.2. The fourth-order valence-electron chi connectivity index (χ4n) is 3.39. The molecule has 0 unspecified atom stereocenters. The van der Waals surface area contributed by atoms with Gasteiger partial charge in [0.1, 0.15) is 11.6 Å². The molecule has 0 radical (unpaired) electrons. The standard InChI is InChI=1S/C24H19ClF3N3O/c1-14-5-4-6-20(9-14)30-23(32)18(13-29)11-17-10-15(2)31(16(17)3)22-12-19(24(26,27)28)7-8-21(22)25/h4-12H,1-3H3,(H,30,32). The van der Waals surface area contributed by atoms with Crippen LogP contribution in [0.15, 0.2) is 54.1 Å². The molecule has 0 atom stereocenters. The molecule has 0 saturated carbocycles. The van der Waals surface area contributed by atoms with E-state index in [2.05, 4.69) is 5.32 Å². The number of nitriles is 1. The molecule has 0 fully saturated rings. The van der Waals surface area contributed by atoms with Gasteiger partial charge < -0.3 is 9.88 Å². The number of amides is 1. The van der Waals surface area contributed by atoms with E-state index in [0.29, 0.717) is 22.6 Å². The fraction of sp³-hybridized carbons (Fsp3) is 0.167. The molecule has 0 bridgehead atoms. The van der Waals surface area contributed by atoms with E-state index in [4.69, 9.17) is 11.6 Å². The molecular weight excluding hydrogens is 439 g/mol. The molecule has 1 aromatic heterocycles. The third-order valence-electron chi connectivity index (χ3n) is 4.93. The summed E-state index contributed by atoms with van der Waals surface area (Å²) in [5.74, 6) is -0.583. The Morgan fingerprint density at radius 3 is 2.47 bits per heavy atom. The number of carbonyl (C=O) groups is 1. The minimum atomic E-state index is -4.51. The van der Waals surface area contributed by atoms with Gasteiger partial charge in [0.2, 0.25) is 0 Å². The van der Waals surface area contributed by atoms with E-state index >= 15 is 0 Å². The van der Waals surface area contributed by atoms with E-state index in [1.807, 2.05) is 19.1 Å². The lowest BCUT2D eigenvalue weighted by molar-refractivity contribution is -0.137. The molecule has 1 amide bonds. The number of carbonyl (C=O) groups excluding carboxylic acids is 1. The van der Waals surface area contributed by atoms with Crippen molar-refractivity contribution >= 4 is 29.3 Å². The van der Waals surface area contributed by atoms with E-state index in [0.717, 1.165) is 17.7 Å². The maximum Gasteiger partial charge on any atom is 0.416 e. The second-order valence-electron chi connectivity index (χ2n) is 7.32. The summed E-state index contributed by atoms with van der Waals surface area (Å²) in [6.07, 6.45) is -3.11. The number of rotatable bonds is 4. The minimum absolute atomic E-state index is 0.137. The number of hydrogen-bond donors (Lipinski definition) is 1. The lowest BCUT2D eigenvalue weighted by atomic mass is 10.1. The molecule has 164 valence electrons. The van der Waals surface area contributed by atoms with Crippen LogP contribution >= 0.6 is 11.6 Å². The molecule has 32 heavy (non-hydrogen) atoms. The minimum Gasteiger partial charge on any atom is -0.321 e. The van der Waals surface area contributed by atoms with Crippen LogP contribution in [-0.2, 0) is 11.0 Å². The van der Waals surface area contributed by atoms with E-state index < -0.39 is 17.6 Å². The van der Waals surface area contributed by atoms with E-state index in [1.165, 1.54) is 12.1 Å². The number of nitrogens with one attached hydrogen (secondary N) is 1. The molecule has 0 aliphatic rings. The maximum atomic E-state index is 13.2. The summed E-state index contributed by atoms with van der Waals surface area (Å²) in [5.41, 5.74) is 2.37. The van der Waals surface area contributed by atoms with E-state index in [-0.39, 0.29) is 16.3 Å². The normalized spacial score (nSPS) is 11.9. The van der Waals surface area contributed by atoms with Gasteiger partial charge in [0, 0.05) is 17.1 Å². The van der Waals surface area contributed by atoms with E-state index in [9.17, 15) is 23.2 Å². The number of alkyl halides is 3. The smallest absolute Gasteiger partial charge is 0.321 e. The van der Waals surface area contributed by atoms with Gasteiger partial charge in [-0.15, -0.1) is 0 Å². The van der Waals surface area contributed by atoms with E-state index in [1.54, 1.807) is 42.7 Å². The van der Waals surface area contributed by atoms with Crippen LogP contribution < -0.4 is 5.32 Å². The van der Waals surface area contributed by atoms with Crippen LogP contribution in [0.3, 0.4) is 0 Å². The second kappa shape index (κ2) is 8.93. The first-order chi connectivity index (χ1) is 15.0. The van der Waals surface area contributed by atoms with Crippen molar-refractivity contribution in [3.05, 3.63) is 87.2 Å². The summed E-state index contributed by atoms with van der Waals surface area (Å²) >= 11 is 6.20. The molecule has 1 N–H and O–H groups in total. The van der Waals surface area contributed by atoms with Crippen molar-refractivity contribution in [1.82, 2.24) is 4.57 Å². The Hall–Kier alpha value is -3.50. The van der Waals surface area contributed by atoms with Gasteiger partial charge in [-0.2, -0.15) is 18.4 Å². The molecule has 0 saturated heterocycles. The lowest BCUT2D eigenvalue weighted by Gasteiger charge is -2.15. The number of halogens is 4. The number of anilines is 1. The third kappa shape index (κ3) is 4.87. The van der Waals surface area contributed by atoms with Crippen molar-refractivity contribution in [3.63, 3.8) is 0 Å². The van der Waals surface area contributed by atoms with Gasteiger partial charge in [-0.05, 0) is 74.4 Å². The van der Waals surface area contributed by atoms with Crippen LogP contribution in [0.1, 0.15) is 28.1 Å². The Bertz CT molecular complexity index is 1270. The molecule has 0 aliphatic carbocycles. The lowest BCUT2D eigenvalue weighted by Crippen LogP contribution is -2.13. The van der Waals surface area contributed by atoms with Crippen molar-refractivity contribution < 1.29 is 18.0 Å². The van der Waals surface area contributed by atoms with Crippen molar-refractivity contribution in [1.29, 1.82) is 5.26 Å². The fourth-order valence-corrected chi connectivity index (χ4v) is 3.59. The first-order valence-corrected chi connectivity index (χ1v) is 9.95. The van der Waals surface area contributed by atoms with Crippen LogP contribution in [0, 0.1) is 32.1 Å². The van der Waals surface area contributed by atoms with Crippen LogP contribution in [0.2, 0.25) is 5.02 Å². The summed E-state index contributed by atoms with van der Waals surface area (Å²) < 4.78 is 41.1. The van der Waals surface area contributed by atoms with Crippen molar-refractivity contribution in [2.45, 2.75) is 26.9 Å². The number of aryl methyl sites for hydroxylation is 2. The first-order valence-electron chi connectivity index (χ1n) is 9.57. The largest absolute Gasteiger partial charge is 0.416 e. The van der Waals surface area contributed by atoms with Crippen molar-refractivity contribution in [2.24, 2.45) is 0 Å². The van der Waals surface area contributed by atoms with Gasteiger partial charge in [-0.1, -0.05) is 23.7 Å². The highest BCUT2D eigenvalue weighted by molar-refractivity contribution is 6.32. The number of hydrogen-bond acceptors (Lipinski definition) is 2. The summed E-state index contributed by atoms with van der Waals surface area (Å²) in [7, 11) is 0. The van der Waals surface area contributed by atoms with Gasteiger partial charge >= 0.3 is 6.18 Å². The van der Waals surface area contributed by atoms with Crippen LogP contribution in [0.4, 0.5) is 18.9 Å². The summed E-state index contributed by atoms with van der Waals surface area (Å²) in [5, 5.41) is 12.3. The van der Waals surface area contributed by atoms with Gasteiger partial charge in [0.25, 0.3) is 5.91 Å². The highest BCUT2D eigenvalue weighted by Gasteiger charge is 2.31. The average Bonchev–Trinajstić information content (AvgIpc) is 2.98. The van der Waals surface area contributed by atoms with Crippen molar-refractivity contribution in [3.8, 4) is 11.8 Å². The van der Waals surface area contributed by atoms with Crippen LogP contribution in [0.5, 0.6) is 0 Å². The summed E-state index contributed by atoms with van der Waals surface area (Å²) in [6, 6.07) is 13.8. The number of nitrogens with zero attached hydrogens (tertiary/aromatic N) is 2. The highest BCUT2D eigenvalue weighted by Crippen LogP contribution is 2.35. The zero-order valence-corrected chi connectivity index (χ0v) is 18.3. The van der Waals surface area contributed by atoms with Crippen molar-refractivity contribution in [2.75, 3.05) is 5.32 Å². The molecule has 3 rings (SSSR count). The van der Waals surface area contributed by atoms with Crippen LogP contribution in [0.25, 0.3) is 11.8 Å². The third-order valence-corrected chi connectivity index (χ3v) is 5.25. The number of aromatic nitrogens is 1. The molecule has 4 nitrogen and oxygen atoms in total. The quantitative estimate of drug-likeness (QED) is 0.353. The average molecular weight is 458 g/mol. The predicted octanol–water partition coefficient (Wildman–Crippen LogP) is 6.62. The number of benzene rings is 2. The molecule has 8 heteroatoms. The Balaban J connectivity index is 2.01. The Morgan fingerprint density at radius 2 is 1.84 bits per heavy atom. The van der Waals surface area contributed by atoms with Gasteiger partial charge in [0.15, 0.2) is 0 Å². The first kappa shape index (κ1) is 23.2. The molecule has 0 spiro atoms. The van der Waals surface area contributed by atoms with Gasteiger partial charge in [-0.25, -0.2) is 0 Å². The summed E-state index contributed by atoms with van der Waals surface area (Å²) in [4.78, 5) is 12.6.